The molecular formula is C21H14F2N8. The van der Waals surface area contributed by atoms with Gasteiger partial charge in [-0.25, -0.2) is 33.7 Å². The smallest absolute Gasteiger partial charge is 0.177 e. The first-order chi connectivity index (χ1) is 15.1. The minimum Gasteiger partial charge on any atom is -0.321 e. The van der Waals surface area contributed by atoms with Crippen LogP contribution < -0.4 is 5.32 Å². The van der Waals surface area contributed by atoms with Crippen LogP contribution >= 0.6 is 0 Å². The number of nitrogens with one attached hydrogen (secondary N) is 2. The SMILES string of the molecule is Cc1ccc(-c2ccncn2)cc1-c1n[nH]c2nc(Nc3ncc(F)cc3F)cnc12. The Morgan fingerprint density at radius 2 is 1.90 bits per heavy atom. The van der Waals surface area contributed by atoms with E-state index >= 15 is 0 Å². The van der Waals surface area contributed by atoms with E-state index in [2.05, 4.69) is 40.4 Å². The zero-order valence-electron chi connectivity index (χ0n) is 16.1. The highest BCUT2D eigenvalue weighted by Crippen LogP contribution is 2.31. The predicted octanol–water partition coefficient (Wildman–Crippen LogP) is 4.20. The van der Waals surface area contributed by atoms with Gasteiger partial charge in [0.15, 0.2) is 23.1 Å². The number of benzene rings is 1. The molecule has 0 saturated carbocycles. The Labute approximate surface area is 174 Å². The predicted molar refractivity (Wildman–Crippen MR) is 110 cm³/mol. The second-order valence-electron chi connectivity index (χ2n) is 6.76. The Morgan fingerprint density at radius 3 is 2.71 bits per heavy atom. The molecule has 0 atom stereocenters. The van der Waals surface area contributed by atoms with Gasteiger partial charge in [-0.1, -0.05) is 12.1 Å². The number of pyridine rings is 1. The van der Waals surface area contributed by atoms with E-state index in [0.29, 0.717) is 16.9 Å². The molecule has 0 aliphatic rings. The number of aryl methyl sites for hydroxylation is 1. The van der Waals surface area contributed by atoms with Crippen LogP contribution in [-0.4, -0.2) is 35.1 Å². The number of hydrogen-bond donors (Lipinski definition) is 2. The van der Waals surface area contributed by atoms with Crippen LogP contribution in [0.3, 0.4) is 0 Å². The molecule has 152 valence electrons. The quantitative estimate of drug-likeness (QED) is 0.452. The molecule has 4 aromatic heterocycles. The lowest BCUT2D eigenvalue weighted by Crippen LogP contribution is -2.00. The second-order valence-corrected chi connectivity index (χ2v) is 6.76. The van der Waals surface area contributed by atoms with Gasteiger partial charge >= 0.3 is 0 Å². The van der Waals surface area contributed by atoms with E-state index in [1.54, 1.807) is 6.20 Å². The largest absolute Gasteiger partial charge is 0.321 e. The number of hydrogen-bond acceptors (Lipinski definition) is 7. The Kier molecular flexibility index (Phi) is 4.51. The first-order valence-corrected chi connectivity index (χ1v) is 9.25. The van der Waals surface area contributed by atoms with Gasteiger partial charge in [0.25, 0.3) is 0 Å². The molecule has 0 aliphatic heterocycles. The van der Waals surface area contributed by atoms with Gasteiger partial charge in [0.1, 0.15) is 23.4 Å². The maximum atomic E-state index is 13.9. The van der Waals surface area contributed by atoms with Crippen LogP contribution in [0.15, 0.2) is 55.2 Å². The van der Waals surface area contributed by atoms with Crippen molar-refractivity contribution in [2.45, 2.75) is 6.92 Å². The second kappa shape index (κ2) is 7.48. The Bertz CT molecular complexity index is 1400. The first kappa shape index (κ1) is 18.7. The fourth-order valence-corrected chi connectivity index (χ4v) is 3.18. The fraction of sp³-hybridized carbons (Fsp3) is 0.0476. The third-order valence-electron chi connectivity index (χ3n) is 4.70. The monoisotopic (exact) mass is 416 g/mol. The van der Waals surface area contributed by atoms with Crippen LogP contribution in [0.4, 0.5) is 20.4 Å². The van der Waals surface area contributed by atoms with Gasteiger partial charge in [-0.15, -0.1) is 0 Å². The van der Waals surface area contributed by atoms with Gasteiger partial charge in [-0.05, 0) is 24.6 Å². The van der Waals surface area contributed by atoms with Gasteiger partial charge in [-0.3, -0.25) is 5.10 Å². The van der Waals surface area contributed by atoms with E-state index in [4.69, 9.17) is 0 Å². The lowest BCUT2D eigenvalue weighted by atomic mass is 10.0. The molecule has 0 unspecified atom stereocenters. The number of H-pyrrole nitrogens is 1. The lowest BCUT2D eigenvalue weighted by Gasteiger charge is -2.07. The molecule has 8 nitrogen and oxygen atoms in total. The van der Waals surface area contributed by atoms with Crippen LogP contribution in [0.1, 0.15) is 5.56 Å². The number of aromatic amines is 1. The highest BCUT2D eigenvalue weighted by atomic mass is 19.1. The summed E-state index contributed by atoms with van der Waals surface area (Å²) in [5.41, 5.74) is 5.20. The summed E-state index contributed by atoms with van der Waals surface area (Å²) in [5.74, 6) is -1.50. The maximum Gasteiger partial charge on any atom is 0.177 e. The van der Waals surface area contributed by atoms with Crippen molar-refractivity contribution in [1.29, 1.82) is 0 Å². The molecule has 10 heteroatoms. The van der Waals surface area contributed by atoms with Crippen molar-refractivity contribution < 1.29 is 8.78 Å². The molecule has 5 aromatic rings. The van der Waals surface area contributed by atoms with Crippen LogP contribution in [-0.2, 0) is 0 Å². The first-order valence-electron chi connectivity index (χ1n) is 9.25. The van der Waals surface area contributed by atoms with E-state index in [9.17, 15) is 8.78 Å². The zero-order chi connectivity index (χ0) is 21.4. The molecule has 0 amide bonds. The standard InChI is InChI=1S/C21H14F2N8/c1-11-2-3-12(16-4-5-24-10-27-16)6-14(11)18-19-21(31-30-18)29-17(9-25-19)28-20-15(23)7-13(22)8-26-20/h2-10H,1H3,(H2,26,28,29,30,31). The molecule has 0 fully saturated rings. The molecule has 1 aromatic carbocycles. The van der Waals surface area contributed by atoms with Crippen molar-refractivity contribution in [2.24, 2.45) is 0 Å². The molecule has 0 spiro atoms. The summed E-state index contributed by atoms with van der Waals surface area (Å²) in [6.07, 6.45) is 5.54. The van der Waals surface area contributed by atoms with Gasteiger partial charge in [-0.2, -0.15) is 5.10 Å². The van der Waals surface area contributed by atoms with Crippen molar-refractivity contribution in [1.82, 2.24) is 35.1 Å². The van der Waals surface area contributed by atoms with E-state index in [0.717, 1.165) is 34.6 Å². The number of fused-ring (bicyclic) bond motifs is 1. The van der Waals surface area contributed by atoms with Crippen molar-refractivity contribution >= 4 is 22.8 Å². The summed E-state index contributed by atoms with van der Waals surface area (Å²) in [7, 11) is 0. The van der Waals surface area contributed by atoms with Crippen LogP contribution in [0.2, 0.25) is 0 Å². The minimum absolute atomic E-state index is 0.150. The molecule has 0 bridgehead atoms. The van der Waals surface area contributed by atoms with Crippen molar-refractivity contribution in [2.75, 3.05) is 5.32 Å². The topological polar surface area (TPSA) is 105 Å². The molecule has 2 N–H and O–H groups in total. The molecule has 5 rings (SSSR count). The lowest BCUT2D eigenvalue weighted by molar-refractivity contribution is 0.576. The summed E-state index contributed by atoms with van der Waals surface area (Å²) < 4.78 is 26.9. The van der Waals surface area contributed by atoms with Crippen molar-refractivity contribution in [3.05, 3.63) is 72.4 Å². The van der Waals surface area contributed by atoms with Gasteiger partial charge in [0.05, 0.1) is 18.1 Å². The third-order valence-corrected chi connectivity index (χ3v) is 4.70. The Hall–Kier alpha value is -4.34. The molecule has 0 radical (unpaired) electrons. The number of aromatic nitrogens is 7. The number of anilines is 2. The Morgan fingerprint density at radius 1 is 1.00 bits per heavy atom. The number of halogens is 2. The summed E-state index contributed by atoms with van der Waals surface area (Å²) in [4.78, 5) is 20.7. The normalized spacial score (nSPS) is 11.1. The van der Waals surface area contributed by atoms with E-state index in [1.807, 2.05) is 31.2 Å². The molecule has 0 saturated heterocycles. The van der Waals surface area contributed by atoms with Crippen LogP contribution in [0.25, 0.3) is 33.7 Å². The van der Waals surface area contributed by atoms with E-state index in [-0.39, 0.29) is 11.6 Å². The summed E-state index contributed by atoms with van der Waals surface area (Å²) in [5, 5.41) is 9.94. The average molecular weight is 416 g/mol. The van der Waals surface area contributed by atoms with E-state index in [1.165, 1.54) is 12.5 Å². The van der Waals surface area contributed by atoms with Crippen molar-refractivity contribution in [3.63, 3.8) is 0 Å². The third kappa shape index (κ3) is 3.54. The Balaban J connectivity index is 1.52. The average Bonchev–Trinajstić information content (AvgIpc) is 3.20. The minimum atomic E-state index is -0.829. The van der Waals surface area contributed by atoms with Gasteiger partial charge in [0.2, 0.25) is 0 Å². The fourth-order valence-electron chi connectivity index (χ4n) is 3.18. The van der Waals surface area contributed by atoms with Crippen LogP contribution in [0.5, 0.6) is 0 Å². The molecular weight excluding hydrogens is 402 g/mol. The maximum absolute atomic E-state index is 13.9. The molecule has 4 heterocycles. The highest BCUT2D eigenvalue weighted by molar-refractivity contribution is 5.90. The van der Waals surface area contributed by atoms with Gasteiger partial charge in [0, 0.05) is 23.4 Å². The van der Waals surface area contributed by atoms with Crippen molar-refractivity contribution in [3.8, 4) is 22.5 Å². The molecule has 0 aliphatic carbocycles. The van der Waals surface area contributed by atoms with Crippen LogP contribution in [0, 0.1) is 18.6 Å². The number of nitrogens with zero attached hydrogens (tertiary/aromatic N) is 6. The molecule has 31 heavy (non-hydrogen) atoms. The summed E-state index contributed by atoms with van der Waals surface area (Å²) in [6.45, 7) is 1.98. The summed E-state index contributed by atoms with van der Waals surface area (Å²) >= 11 is 0. The number of rotatable bonds is 4. The van der Waals surface area contributed by atoms with E-state index < -0.39 is 11.6 Å². The summed E-state index contributed by atoms with van der Waals surface area (Å²) in [6, 6.07) is 8.52. The highest BCUT2D eigenvalue weighted by Gasteiger charge is 2.15. The zero-order valence-corrected chi connectivity index (χ0v) is 16.1. The van der Waals surface area contributed by atoms with Gasteiger partial charge < -0.3 is 5.32 Å².